The van der Waals surface area contributed by atoms with Crippen LogP contribution in [0.15, 0.2) is 5.34 Å². The predicted octanol–water partition coefficient (Wildman–Crippen LogP) is -0.333. The fraction of sp³-hybridized carbons (Fsp3) is 0.500. The van der Waals surface area contributed by atoms with Gasteiger partial charge in [0.2, 0.25) is 0 Å². The minimum atomic E-state index is -0.505. The summed E-state index contributed by atoms with van der Waals surface area (Å²) in [6.07, 6.45) is 0.296. The Balaban J connectivity index is 0.000000292. The minimum absolute atomic E-state index is 0.148. The Morgan fingerprint density at radius 1 is 1.27 bits per heavy atom. The van der Waals surface area contributed by atoms with Crippen molar-refractivity contribution in [2.45, 2.75) is 12.8 Å². The summed E-state index contributed by atoms with van der Waals surface area (Å²) in [5, 5.41) is 16.5. The molecule has 0 bridgehead atoms. The second-order valence-electron chi connectivity index (χ2n) is 1.68. The van der Waals surface area contributed by atoms with Gasteiger partial charge in [-0.15, -0.1) is 4.91 Å². The molecule has 1 heterocycles. The van der Waals surface area contributed by atoms with E-state index in [4.69, 9.17) is 15.3 Å². The maximum Gasteiger partial charge on any atom is 0.253 e. The van der Waals surface area contributed by atoms with E-state index >= 15 is 0 Å². The van der Waals surface area contributed by atoms with E-state index in [1.807, 2.05) is 0 Å². The lowest BCUT2D eigenvalue weighted by molar-refractivity contribution is -0.171. The first-order valence-corrected chi connectivity index (χ1v) is 2.65. The SMILES string of the molecule is O=C1CCC(=O)N1O.O=NO. The molecule has 1 rings (SSSR count). The molecule has 0 spiro atoms. The number of carbonyl (C=O) groups is 2. The first kappa shape index (κ1) is 9.50. The molecule has 1 aliphatic heterocycles. The Kier molecular flexibility index (Phi) is 3.75. The molecule has 2 amide bonds. The van der Waals surface area contributed by atoms with Gasteiger partial charge in [-0.05, 0) is 0 Å². The van der Waals surface area contributed by atoms with Gasteiger partial charge in [-0.2, -0.15) is 5.06 Å². The average molecular weight is 162 g/mol. The maximum atomic E-state index is 10.2. The molecular weight excluding hydrogens is 156 g/mol. The van der Waals surface area contributed by atoms with E-state index in [0.717, 1.165) is 0 Å². The number of nitrogens with zero attached hydrogens (tertiary/aromatic N) is 2. The second-order valence-corrected chi connectivity index (χ2v) is 1.68. The van der Waals surface area contributed by atoms with Crippen LogP contribution >= 0.6 is 0 Å². The maximum absolute atomic E-state index is 10.2. The summed E-state index contributed by atoms with van der Waals surface area (Å²) in [6, 6.07) is 0. The van der Waals surface area contributed by atoms with Crippen molar-refractivity contribution in [2.24, 2.45) is 5.34 Å². The molecule has 62 valence electrons. The van der Waals surface area contributed by atoms with Crippen molar-refractivity contribution in [3.05, 3.63) is 4.91 Å². The molecule has 1 aliphatic rings. The Labute approximate surface area is 61.1 Å². The van der Waals surface area contributed by atoms with Crippen LogP contribution in [-0.2, 0) is 9.59 Å². The zero-order chi connectivity index (χ0) is 8.85. The quantitative estimate of drug-likeness (QED) is 0.219. The van der Waals surface area contributed by atoms with Gasteiger partial charge in [-0.3, -0.25) is 14.8 Å². The Morgan fingerprint density at radius 3 is 1.64 bits per heavy atom. The highest BCUT2D eigenvalue weighted by molar-refractivity contribution is 6.00. The van der Waals surface area contributed by atoms with Crippen LogP contribution in [0.4, 0.5) is 0 Å². The topological polar surface area (TPSA) is 107 Å². The molecule has 0 aromatic carbocycles. The average Bonchev–Trinajstić information content (AvgIpc) is 2.22. The Bertz CT molecular complexity index is 163. The van der Waals surface area contributed by atoms with Crippen molar-refractivity contribution < 1.29 is 20.0 Å². The largest absolute Gasteiger partial charge is 0.379 e. The standard InChI is InChI=1S/C4H5NO3.HNO2/c6-3-1-2-4(7)5(3)8;2-1-3/h8H,1-2H2;(H,2,3). The molecule has 0 radical (unpaired) electrons. The van der Waals surface area contributed by atoms with Gasteiger partial charge in [-0.25, -0.2) is 0 Å². The molecule has 0 aliphatic carbocycles. The van der Waals surface area contributed by atoms with Gasteiger partial charge < -0.3 is 5.21 Å². The number of rotatable bonds is 0. The van der Waals surface area contributed by atoms with Crippen LogP contribution in [0.2, 0.25) is 0 Å². The molecule has 0 saturated carbocycles. The molecule has 0 aromatic rings. The number of imide groups is 1. The minimum Gasteiger partial charge on any atom is -0.379 e. The third-order valence-corrected chi connectivity index (χ3v) is 1.03. The summed E-state index contributed by atoms with van der Waals surface area (Å²) < 4.78 is 0. The van der Waals surface area contributed by atoms with Crippen molar-refractivity contribution in [3.63, 3.8) is 0 Å². The van der Waals surface area contributed by atoms with E-state index in [9.17, 15) is 9.59 Å². The van der Waals surface area contributed by atoms with Crippen LogP contribution in [0.25, 0.3) is 0 Å². The molecule has 7 nitrogen and oxygen atoms in total. The number of hydrogen-bond acceptors (Lipinski definition) is 5. The number of carbonyl (C=O) groups excluding carboxylic acids is 2. The van der Waals surface area contributed by atoms with Crippen LogP contribution in [0, 0.1) is 4.91 Å². The van der Waals surface area contributed by atoms with Crippen LogP contribution in [0.5, 0.6) is 0 Å². The summed E-state index contributed by atoms with van der Waals surface area (Å²) in [5.41, 5.74) is 0. The lowest BCUT2D eigenvalue weighted by Gasteiger charge is -1.98. The van der Waals surface area contributed by atoms with Gasteiger partial charge in [0.1, 0.15) is 0 Å². The molecule has 0 atom stereocenters. The summed E-state index contributed by atoms with van der Waals surface area (Å²) in [5.74, 6) is -1.01. The van der Waals surface area contributed by atoms with Gasteiger partial charge in [0, 0.05) is 12.8 Å². The zero-order valence-corrected chi connectivity index (χ0v) is 5.43. The third-order valence-electron chi connectivity index (χ3n) is 1.03. The summed E-state index contributed by atoms with van der Waals surface area (Å²) in [6.45, 7) is 0. The molecule has 7 heteroatoms. The summed E-state index contributed by atoms with van der Waals surface area (Å²) in [7, 11) is 0. The fourth-order valence-electron chi connectivity index (χ4n) is 0.565. The molecule has 0 unspecified atom stereocenters. The van der Waals surface area contributed by atoms with Gasteiger partial charge in [0.05, 0.1) is 0 Å². The predicted molar refractivity (Wildman–Crippen MR) is 30.5 cm³/mol. The van der Waals surface area contributed by atoms with Crippen LogP contribution in [0.3, 0.4) is 0 Å². The number of amides is 2. The number of hydrogen-bond donors (Lipinski definition) is 2. The molecule has 11 heavy (non-hydrogen) atoms. The summed E-state index contributed by atoms with van der Waals surface area (Å²) >= 11 is 0. The normalized spacial score (nSPS) is 15.9. The van der Waals surface area contributed by atoms with Crippen LogP contribution in [0.1, 0.15) is 12.8 Å². The van der Waals surface area contributed by atoms with E-state index in [0.29, 0.717) is 0 Å². The molecule has 1 saturated heterocycles. The van der Waals surface area contributed by atoms with Crippen LogP contribution in [-0.4, -0.2) is 27.3 Å². The lowest BCUT2D eigenvalue weighted by Crippen LogP contribution is -2.24. The summed E-state index contributed by atoms with van der Waals surface area (Å²) in [4.78, 5) is 28.6. The van der Waals surface area contributed by atoms with Gasteiger partial charge in [-0.1, -0.05) is 0 Å². The molecule has 2 N–H and O–H groups in total. The van der Waals surface area contributed by atoms with Crippen molar-refractivity contribution >= 4 is 11.8 Å². The Hall–Kier alpha value is -1.50. The highest BCUT2D eigenvalue weighted by Crippen LogP contribution is 2.06. The Morgan fingerprint density at radius 2 is 1.55 bits per heavy atom. The van der Waals surface area contributed by atoms with Gasteiger partial charge in [0.25, 0.3) is 11.8 Å². The smallest absolute Gasteiger partial charge is 0.253 e. The van der Waals surface area contributed by atoms with Crippen molar-refractivity contribution in [1.82, 2.24) is 5.06 Å². The molecular formula is C4H6N2O5. The van der Waals surface area contributed by atoms with E-state index in [-0.39, 0.29) is 17.9 Å². The van der Waals surface area contributed by atoms with Gasteiger partial charge >= 0.3 is 0 Å². The van der Waals surface area contributed by atoms with E-state index in [1.54, 1.807) is 0 Å². The van der Waals surface area contributed by atoms with Gasteiger partial charge in [0.15, 0.2) is 5.34 Å². The third kappa shape index (κ3) is 2.72. The van der Waals surface area contributed by atoms with Crippen LogP contribution < -0.4 is 0 Å². The van der Waals surface area contributed by atoms with E-state index in [1.165, 1.54) is 5.34 Å². The molecule has 1 fully saturated rings. The van der Waals surface area contributed by atoms with E-state index < -0.39 is 11.8 Å². The lowest BCUT2D eigenvalue weighted by atomic mass is 10.4. The van der Waals surface area contributed by atoms with Crippen molar-refractivity contribution in [1.29, 1.82) is 0 Å². The fourth-order valence-corrected chi connectivity index (χ4v) is 0.565. The van der Waals surface area contributed by atoms with E-state index in [2.05, 4.69) is 0 Å². The highest BCUT2D eigenvalue weighted by atomic mass is 16.6. The monoisotopic (exact) mass is 162 g/mol. The second kappa shape index (κ2) is 4.34. The first-order chi connectivity index (χ1) is 5.13. The van der Waals surface area contributed by atoms with Crippen molar-refractivity contribution in [3.8, 4) is 0 Å². The number of hydroxylamine groups is 2. The zero-order valence-electron chi connectivity index (χ0n) is 5.43. The van der Waals surface area contributed by atoms with Crippen molar-refractivity contribution in [2.75, 3.05) is 0 Å². The first-order valence-electron chi connectivity index (χ1n) is 2.65. The molecule has 0 aromatic heterocycles. The highest BCUT2D eigenvalue weighted by Gasteiger charge is 2.26.